The Morgan fingerprint density at radius 1 is 1.18 bits per heavy atom. The summed E-state index contributed by atoms with van der Waals surface area (Å²) in [7, 11) is 0. The second-order valence-electron chi connectivity index (χ2n) is 5.26. The van der Waals surface area contributed by atoms with Crippen LogP contribution in [0.4, 0.5) is 17.6 Å². The van der Waals surface area contributed by atoms with Gasteiger partial charge in [-0.05, 0) is 17.5 Å². The van der Waals surface area contributed by atoms with E-state index in [1.54, 1.807) is 0 Å². The molecule has 6 heteroatoms. The topological polar surface area (TPSA) is 18.5 Å². The first-order chi connectivity index (χ1) is 10.4. The molecule has 0 atom stereocenters. The van der Waals surface area contributed by atoms with Crippen molar-refractivity contribution in [2.45, 2.75) is 38.1 Å². The molecule has 1 aliphatic heterocycles. The molecule has 0 spiro atoms. The molecule has 1 saturated heterocycles. The summed E-state index contributed by atoms with van der Waals surface area (Å²) in [5.41, 5.74) is 2.19. The lowest BCUT2D eigenvalue weighted by Crippen LogP contribution is -2.31. The number of hydrogen-bond donors (Lipinski definition) is 0. The number of allylic oxidation sites excluding steroid dienone is 1. The van der Waals surface area contributed by atoms with Gasteiger partial charge in [0.1, 0.15) is 0 Å². The van der Waals surface area contributed by atoms with E-state index < -0.39 is 24.4 Å². The van der Waals surface area contributed by atoms with E-state index in [1.165, 1.54) is 5.56 Å². The molecule has 0 saturated carbocycles. The van der Waals surface area contributed by atoms with Gasteiger partial charge in [-0.15, -0.1) is 0 Å². The molecular weight excluding hydrogens is 300 g/mol. The average Bonchev–Trinajstić information content (AvgIpc) is 2.47. The van der Waals surface area contributed by atoms with Crippen molar-refractivity contribution in [1.82, 2.24) is 0 Å². The van der Waals surface area contributed by atoms with Gasteiger partial charge in [-0.25, -0.2) is 4.39 Å². The highest BCUT2D eigenvalue weighted by Crippen LogP contribution is 2.28. The number of hydrogen-bond acceptors (Lipinski definition) is 2. The van der Waals surface area contributed by atoms with Crippen LogP contribution in [0.5, 0.6) is 0 Å². The fourth-order valence-corrected chi connectivity index (χ4v) is 2.32. The van der Waals surface area contributed by atoms with Gasteiger partial charge in [0.15, 0.2) is 5.83 Å². The Morgan fingerprint density at radius 3 is 2.27 bits per heavy atom. The molecular formula is C16H18F4O2. The summed E-state index contributed by atoms with van der Waals surface area (Å²) in [6.07, 6.45) is -4.67. The molecule has 1 heterocycles. The first-order valence-electron chi connectivity index (χ1n) is 7.16. The Hall–Kier alpha value is -1.40. The van der Waals surface area contributed by atoms with E-state index in [2.05, 4.69) is 6.92 Å². The molecule has 1 aliphatic rings. The Bertz CT molecular complexity index is 500. The van der Waals surface area contributed by atoms with Gasteiger partial charge in [-0.1, -0.05) is 37.6 Å². The van der Waals surface area contributed by atoms with Crippen LogP contribution < -0.4 is 0 Å². The van der Waals surface area contributed by atoms with E-state index in [0.717, 1.165) is 18.4 Å². The van der Waals surface area contributed by atoms with Crippen LogP contribution in [0, 0.1) is 0 Å². The molecule has 0 N–H and O–H groups in total. The first kappa shape index (κ1) is 17.0. The van der Waals surface area contributed by atoms with Gasteiger partial charge in [0.05, 0.1) is 19.3 Å². The monoisotopic (exact) mass is 318 g/mol. The van der Waals surface area contributed by atoms with Crippen molar-refractivity contribution in [3.63, 3.8) is 0 Å². The molecule has 0 radical (unpaired) electrons. The SMILES string of the molecule is CCCc1ccc(C2COC(C(F)=CC(F)(F)F)OC2)cc1. The first-order valence-corrected chi connectivity index (χ1v) is 7.16. The lowest BCUT2D eigenvalue weighted by Gasteiger charge is -2.29. The molecule has 0 aromatic heterocycles. The second kappa shape index (κ2) is 7.24. The van der Waals surface area contributed by atoms with Gasteiger partial charge in [0, 0.05) is 5.92 Å². The summed E-state index contributed by atoms with van der Waals surface area (Å²) < 4.78 is 59.7. The molecule has 122 valence electrons. The van der Waals surface area contributed by atoms with Gasteiger partial charge in [0.25, 0.3) is 0 Å². The number of halogens is 4. The van der Waals surface area contributed by atoms with Crippen LogP contribution in [-0.2, 0) is 15.9 Å². The maximum atomic E-state index is 13.3. The number of alkyl halides is 3. The second-order valence-corrected chi connectivity index (χ2v) is 5.26. The number of ether oxygens (including phenoxy) is 2. The largest absolute Gasteiger partial charge is 0.412 e. The minimum Gasteiger partial charge on any atom is -0.346 e. The Balaban J connectivity index is 1.93. The highest BCUT2D eigenvalue weighted by atomic mass is 19.4. The van der Waals surface area contributed by atoms with Crippen LogP contribution in [0.1, 0.15) is 30.4 Å². The molecule has 1 aromatic carbocycles. The number of benzene rings is 1. The molecule has 2 rings (SSSR count). The zero-order valence-corrected chi connectivity index (χ0v) is 12.2. The number of rotatable bonds is 4. The molecule has 1 fully saturated rings. The van der Waals surface area contributed by atoms with Crippen molar-refractivity contribution in [2.24, 2.45) is 0 Å². The van der Waals surface area contributed by atoms with E-state index in [9.17, 15) is 17.6 Å². The van der Waals surface area contributed by atoms with Crippen molar-refractivity contribution < 1.29 is 27.0 Å². The summed E-state index contributed by atoms with van der Waals surface area (Å²) in [6.45, 7) is 2.34. The van der Waals surface area contributed by atoms with Crippen molar-refractivity contribution >= 4 is 0 Å². The van der Waals surface area contributed by atoms with Crippen LogP contribution in [0.3, 0.4) is 0 Å². The molecule has 1 aromatic rings. The fourth-order valence-electron chi connectivity index (χ4n) is 2.32. The number of aryl methyl sites for hydroxylation is 1. The third-order valence-corrected chi connectivity index (χ3v) is 3.41. The average molecular weight is 318 g/mol. The molecule has 22 heavy (non-hydrogen) atoms. The third kappa shape index (κ3) is 4.81. The van der Waals surface area contributed by atoms with Gasteiger partial charge < -0.3 is 9.47 Å². The van der Waals surface area contributed by atoms with Crippen LogP contribution in [0.15, 0.2) is 36.2 Å². The van der Waals surface area contributed by atoms with Crippen LogP contribution in [0.25, 0.3) is 0 Å². The zero-order valence-electron chi connectivity index (χ0n) is 12.2. The normalized spacial score (nSPS) is 23.6. The fraction of sp³-hybridized carbons (Fsp3) is 0.500. The Kier molecular flexibility index (Phi) is 5.58. The smallest absolute Gasteiger partial charge is 0.346 e. The van der Waals surface area contributed by atoms with E-state index in [4.69, 9.17) is 9.47 Å². The van der Waals surface area contributed by atoms with E-state index in [1.807, 2.05) is 24.3 Å². The minimum absolute atomic E-state index is 0.106. The van der Waals surface area contributed by atoms with Crippen LogP contribution >= 0.6 is 0 Å². The quantitative estimate of drug-likeness (QED) is 0.760. The lowest BCUT2D eigenvalue weighted by atomic mass is 9.98. The van der Waals surface area contributed by atoms with Crippen molar-refractivity contribution in [3.8, 4) is 0 Å². The summed E-state index contributed by atoms with van der Waals surface area (Å²) in [5, 5.41) is 0. The molecule has 0 amide bonds. The predicted octanol–water partition coefficient (Wildman–Crippen LogP) is 4.51. The van der Waals surface area contributed by atoms with Gasteiger partial charge in [0.2, 0.25) is 6.29 Å². The minimum atomic E-state index is -4.72. The van der Waals surface area contributed by atoms with Crippen LogP contribution in [0.2, 0.25) is 0 Å². The molecule has 0 aliphatic carbocycles. The molecule has 0 unspecified atom stereocenters. The lowest BCUT2D eigenvalue weighted by molar-refractivity contribution is -0.177. The Labute approximate surface area is 126 Å². The van der Waals surface area contributed by atoms with Crippen molar-refractivity contribution in [2.75, 3.05) is 13.2 Å². The highest BCUT2D eigenvalue weighted by Gasteiger charge is 2.31. The third-order valence-electron chi connectivity index (χ3n) is 3.41. The van der Waals surface area contributed by atoms with E-state index >= 15 is 0 Å². The predicted molar refractivity (Wildman–Crippen MR) is 74.1 cm³/mol. The summed E-state index contributed by atoms with van der Waals surface area (Å²) in [4.78, 5) is 0. The zero-order chi connectivity index (χ0) is 16.2. The summed E-state index contributed by atoms with van der Waals surface area (Å²) >= 11 is 0. The summed E-state index contributed by atoms with van der Waals surface area (Å²) in [6, 6.07) is 7.92. The van der Waals surface area contributed by atoms with Crippen LogP contribution in [-0.4, -0.2) is 25.7 Å². The van der Waals surface area contributed by atoms with Crippen molar-refractivity contribution in [1.29, 1.82) is 0 Å². The van der Waals surface area contributed by atoms with E-state index in [-0.39, 0.29) is 19.1 Å². The van der Waals surface area contributed by atoms with Crippen molar-refractivity contribution in [3.05, 3.63) is 47.3 Å². The van der Waals surface area contributed by atoms with Gasteiger partial charge in [-0.3, -0.25) is 0 Å². The standard InChI is InChI=1S/C16H18F4O2/c1-2-3-11-4-6-12(7-5-11)13-9-21-15(22-10-13)14(17)8-16(18,19)20/h4-8,13,15H,2-3,9-10H2,1H3. The summed E-state index contributed by atoms with van der Waals surface area (Å²) in [5.74, 6) is -1.56. The maximum absolute atomic E-state index is 13.3. The Morgan fingerprint density at radius 2 is 1.77 bits per heavy atom. The van der Waals surface area contributed by atoms with Gasteiger partial charge in [-0.2, -0.15) is 13.2 Å². The molecule has 2 nitrogen and oxygen atoms in total. The highest BCUT2D eigenvalue weighted by molar-refractivity contribution is 5.26. The molecule has 0 bridgehead atoms. The maximum Gasteiger partial charge on any atom is 0.412 e. The van der Waals surface area contributed by atoms with Gasteiger partial charge >= 0.3 is 6.18 Å². The van der Waals surface area contributed by atoms with E-state index in [0.29, 0.717) is 0 Å².